The zero-order chi connectivity index (χ0) is 14.0. The summed E-state index contributed by atoms with van der Waals surface area (Å²) in [6, 6.07) is 5.60. The second-order valence-corrected chi connectivity index (χ2v) is 5.76. The fourth-order valence-corrected chi connectivity index (χ4v) is 3.12. The van der Waals surface area contributed by atoms with Crippen LogP contribution in [0.2, 0.25) is 0 Å². The van der Waals surface area contributed by atoms with Gasteiger partial charge in [0.25, 0.3) is 0 Å². The summed E-state index contributed by atoms with van der Waals surface area (Å²) in [6.45, 7) is 6.08. The summed E-state index contributed by atoms with van der Waals surface area (Å²) in [7, 11) is 0. The van der Waals surface area contributed by atoms with Gasteiger partial charge in [0, 0.05) is 13.1 Å². The first-order valence-corrected chi connectivity index (χ1v) is 6.76. The highest BCUT2D eigenvalue weighted by atomic mass is 19.1. The zero-order valence-electron chi connectivity index (χ0n) is 11.5. The van der Waals surface area contributed by atoms with E-state index in [1.165, 1.54) is 18.6 Å². The molecule has 2 rings (SSSR count). The van der Waals surface area contributed by atoms with Gasteiger partial charge in [-0.05, 0) is 36.0 Å². The Labute approximate surface area is 113 Å². The van der Waals surface area contributed by atoms with Crippen LogP contribution in [0.3, 0.4) is 0 Å². The van der Waals surface area contributed by atoms with Gasteiger partial charge in [0.1, 0.15) is 11.9 Å². The minimum atomic E-state index is -0.453. The van der Waals surface area contributed by atoms with E-state index in [2.05, 4.69) is 18.7 Å². The molecule has 1 amide bonds. The number of nitrogens with zero attached hydrogens (tertiary/aromatic N) is 1. The number of rotatable bonds is 3. The second kappa shape index (κ2) is 5.70. The van der Waals surface area contributed by atoms with Crippen LogP contribution in [0, 0.1) is 17.7 Å². The van der Waals surface area contributed by atoms with E-state index in [4.69, 9.17) is 5.73 Å². The lowest BCUT2D eigenvalue weighted by Gasteiger charge is -2.39. The highest BCUT2D eigenvalue weighted by molar-refractivity contribution is 5.81. The van der Waals surface area contributed by atoms with Crippen molar-refractivity contribution < 1.29 is 9.18 Å². The van der Waals surface area contributed by atoms with Gasteiger partial charge < -0.3 is 5.73 Å². The largest absolute Gasteiger partial charge is 0.368 e. The number of benzene rings is 1. The smallest absolute Gasteiger partial charge is 0.239 e. The van der Waals surface area contributed by atoms with Gasteiger partial charge in [-0.3, -0.25) is 9.69 Å². The van der Waals surface area contributed by atoms with E-state index in [1.54, 1.807) is 12.1 Å². The standard InChI is InChI=1S/C15H21FN2O/c1-10-7-11(2)9-18(8-10)14(15(17)19)12-3-5-13(16)6-4-12/h3-6,10-11,14H,7-9H2,1-2H3,(H2,17,19)/t10-,11-,14-/m1/s1. The van der Waals surface area contributed by atoms with E-state index >= 15 is 0 Å². The first kappa shape index (κ1) is 14.0. The molecular formula is C15H21FN2O. The summed E-state index contributed by atoms with van der Waals surface area (Å²) in [5, 5.41) is 0. The number of amides is 1. The lowest BCUT2D eigenvalue weighted by Crippen LogP contribution is -2.45. The summed E-state index contributed by atoms with van der Waals surface area (Å²) in [4.78, 5) is 13.9. The molecule has 104 valence electrons. The maximum atomic E-state index is 13.0. The van der Waals surface area contributed by atoms with Crippen LogP contribution in [-0.2, 0) is 4.79 Å². The molecular weight excluding hydrogens is 243 g/mol. The third-order valence-electron chi connectivity index (χ3n) is 3.72. The maximum absolute atomic E-state index is 13.0. The summed E-state index contributed by atoms with van der Waals surface area (Å²) in [5.41, 5.74) is 6.33. The number of likely N-dealkylation sites (tertiary alicyclic amines) is 1. The normalized spacial score (nSPS) is 26.1. The number of nitrogens with two attached hydrogens (primary N) is 1. The van der Waals surface area contributed by atoms with Crippen LogP contribution in [-0.4, -0.2) is 23.9 Å². The summed E-state index contributed by atoms with van der Waals surface area (Å²) < 4.78 is 13.0. The first-order valence-electron chi connectivity index (χ1n) is 6.76. The molecule has 1 aliphatic rings. The van der Waals surface area contributed by atoms with Crippen molar-refractivity contribution in [2.75, 3.05) is 13.1 Å². The minimum absolute atomic E-state index is 0.299. The number of hydrogen-bond donors (Lipinski definition) is 1. The molecule has 0 saturated carbocycles. The van der Waals surface area contributed by atoms with Crippen LogP contribution in [0.1, 0.15) is 31.9 Å². The predicted octanol–water partition coefficient (Wildman–Crippen LogP) is 2.33. The van der Waals surface area contributed by atoms with Crippen molar-refractivity contribution in [3.8, 4) is 0 Å². The fourth-order valence-electron chi connectivity index (χ4n) is 3.12. The topological polar surface area (TPSA) is 46.3 Å². The Morgan fingerprint density at radius 3 is 2.26 bits per heavy atom. The number of piperidine rings is 1. The molecule has 1 aromatic rings. The van der Waals surface area contributed by atoms with Gasteiger partial charge in [-0.25, -0.2) is 4.39 Å². The van der Waals surface area contributed by atoms with E-state index in [-0.39, 0.29) is 11.7 Å². The van der Waals surface area contributed by atoms with Gasteiger partial charge >= 0.3 is 0 Å². The van der Waals surface area contributed by atoms with E-state index in [9.17, 15) is 9.18 Å². The van der Waals surface area contributed by atoms with Crippen molar-refractivity contribution in [2.45, 2.75) is 26.3 Å². The molecule has 3 atom stereocenters. The quantitative estimate of drug-likeness (QED) is 0.910. The van der Waals surface area contributed by atoms with Gasteiger partial charge in [0.15, 0.2) is 0 Å². The highest BCUT2D eigenvalue weighted by Crippen LogP contribution is 2.29. The molecule has 2 N–H and O–H groups in total. The van der Waals surface area contributed by atoms with Crippen molar-refractivity contribution in [2.24, 2.45) is 17.6 Å². The molecule has 0 radical (unpaired) electrons. The van der Waals surface area contributed by atoms with E-state index < -0.39 is 6.04 Å². The number of carbonyl (C=O) groups excluding carboxylic acids is 1. The van der Waals surface area contributed by atoms with Crippen LogP contribution in [0.15, 0.2) is 24.3 Å². The molecule has 0 bridgehead atoms. The maximum Gasteiger partial charge on any atom is 0.239 e. The average Bonchev–Trinajstić information content (AvgIpc) is 2.30. The Morgan fingerprint density at radius 2 is 1.79 bits per heavy atom. The van der Waals surface area contributed by atoms with Crippen LogP contribution in [0.5, 0.6) is 0 Å². The molecule has 0 unspecified atom stereocenters. The van der Waals surface area contributed by atoms with Gasteiger partial charge in [-0.15, -0.1) is 0 Å². The molecule has 0 aromatic heterocycles. The lowest BCUT2D eigenvalue weighted by molar-refractivity contribution is -0.124. The van der Waals surface area contributed by atoms with E-state index in [1.807, 2.05) is 0 Å². The van der Waals surface area contributed by atoms with Crippen molar-refractivity contribution in [1.29, 1.82) is 0 Å². The number of hydrogen-bond acceptors (Lipinski definition) is 2. The Hall–Kier alpha value is -1.42. The molecule has 1 fully saturated rings. The molecule has 1 saturated heterocycles. The third-order valence-corrected chi connectivity index (χ3v) is 3.72. The molecule has 0 aliphatic carbocycles. The fraction of sp³-hybridized carbons (Fsp3) is 0.533. The van der Waals surface area contributed by atoms with Gasteiger partial charge in [0.2, 0.25) is 5.91 Å². The summed E-state index contributed by atoms with van der Waals surface area (Å²) in [5.74, 6) is 0.428. The van der Waals surface area contributed by atoms with Crippen LogP contribution in [0.25, 0.3) is 0 Å². The van der Waals surface area contributed by atoms with Gasteiger partial charge in [-0.1, -0.05) is 26.0 Å². The number of primary amides is 1. The molecule has 1 heterocycles. The average molecular weight is 264 g/mol. The Bertz CT molecular complexity index is 436. The van der Waals surface area contributed by atoms with Crippen molar-refractivity contribution in [1.82, 2.24) is 4.90 Å². The lowest BCUT2D eigenvalue weighted by atomic mass is 9.89. The first-order chi connectivity index (χ1) is 8.97. The Balaban J connectivity index is 2.24. The molecule has 0 spiro atoms. The SMILES string of the molecule is C[C@@H]1C[C@@H](C)CN([C@@H](C(N)=O)c2ccc(F)cc2)C1. The molecule has 4 heteroatoms. The van der Waals surface area contributed by atoms with Gasteiger partial charge in [-0.2, -0.15) is 0 Å². The van der Waals surface area contributed by atoms with E-state index in [0.717, 1.165) is 18.7 Å². The molecule has 1 aromatic carbocycles. The van der Waals surface area contributed by atoms with Crippen molar-refractivity contribution >= 4 is 5.91 Å². The molecule has 1 aliphatic heterocycles. The monoisotopic (exact) mass is 264 g/mol. The Kier molecular flexibility index (Phi) is 4.20. The van der Waals surface area contributed by atoms with Crippen molar-refractivity contribution in [3.05, 3.63) is 35.6 Å². The molecule has 19 heavy (non-hydrogen) atoms. The van der Waals surface area contributed by atoms with Crippen molar-refractivity contribution in [3.63, 3.8) is 0 Å². The van der Waals surface area contributed by atoms with Gasteiger partial charge in [0.05, 0.1) is 0 Å². The summed E-state index contributed by atoms with van der Waals surface area (Å²) in [6.07, 6.45) is 1.17. The second-order valence-electron chi connectivity index (χ2n) is 5.76. The van der Waals surface area contributed by atoms with Crippen LogP contribution >= 0.6 is 0 Å². The highest BCUT2D eigenvalue weighted by Gasteiger charge is 2.31. The number of halogens is 1. The number of carbonyl (C=O) groups is 1. The van der Waals surface area contributed by atoms with Crippen LogP contribution < -0.4 is 5.73 Å². The minimum Gasteiger partial charge on any atom is -0.368 e. The third kappa shape index (κ3) is 3.32. The Morgan fingerprint density at radius 1 is 1.26 bits per heavy atom. The zero-order valence-corrected chi connectivity index (χ0v) is 11.5. The summed E-state index contributed by atoms with van der Waals surface area (Å²) >= 11 is 0. The van der Waals surface area contributed by atoms with E-state index in [0.29, 0.717) is 11.8 Å². The predicted molar refractivity (Wildman–Crippen MR) is 72.9 cm³/mol. The van der Waals surface area contributed by atoms with Crippen LogP contribution in [0.4, 0.5) is 4.39 Å². The molecule has 3 nitrogen and oxygen atoms in total.